The van der Waals surface area contributed by atoms with Crippen LogP contribution in [0.15, 0.2) is 67.0 Å². The molecule has 0 N–H and O–H groups in total. The van der Waals surface area contributed by atoms with E-state index in [1.807, 2.05) is 54.6 Å². The highest BCUT2D eigenvalue weighted by molar-refractivity contribution is 5.57. The van der Waals surface area contributed by atoms with Gasteiger partial charge in [-0.2, -0.15) is 10.2 Å². The highest BCUT2D eigenvalue weighted by Gasteiger charge is 2.01. The van der Waals surface area contributed by atoms with Crippen LogP contribution in [-0.4, -0.2) is 15.2 Å². The average Bonchev–Trinajstić information content (AvgIpc) is 2.50. The highest BCUT2D eigenvalue weighted by Crippen LogP contribution is 2.15. The lowest BCUT2D eigenvalue weighted by atomic mass is 10.1. The first-order valence-corrected chi connectivity index (χ1v) is 6.19. The monoisotopic (exact) mass is 247 g/mol. The van der Waals surface area contributed by atoms with Crippen LogP contribution in [0.25, 0.3) is 11.3 Å². The zero-order chi connectivity index (χ0) is 12.9. The Balaban J connectivity index is 1.80. The Labute approximate surface area is 112 Å². The molecule has 19 heavy (non-hydrogen) atoms. The van der Waals surface area contributed by atoms with Crippen molar-refractivity contribution in [2.45, 2.75) is 6.42 Å². The summed E-state index contributed by atoms with van der Waals surface area (Å²) in [5, 5.41) is 8.56. The molecule has 0 saturated heterocycles. The molecule has 0 aliphatic rings. The fourth-order valence-electron chi connectivity index (χ4n) is 1.93. The van der Waals surface area contributed by atoms with Gasteiger partial charge in [0.1, 0.15) is 0 Å². The summed E-state index contributed by atoms with van der Waals surface area (Å²) >= 11 is 0. The Hall–Kier alpha value is -2.55. The largest absolute Gasteiger partial charge is 0.265 e. The molecule has 0 amide bonds. The summed E-state index contributed by atoms with van der Waals surface area (Å²) in [5.41, 5.74) is 4.15. The van der Waals surface area contributed by atoms with E-state index in [9.17, 15) is 0 Å². The summed E-state index contributed by atoms with van der Waals surface area (Å²) in [6.45, 7) is 0. The number of benzene rings is 1. The normalized spacial score (nSPS) is 10.3. The second-order valence-corrected chi connectivity index (χ2v) is 4.31. The highest BCUT2D eigenvalue weighted by atomic mass is 15.1. The zero-order valence-electron chi connectivity index (χ0n) is 10.4. The molecule has 0 bridgehead atoms. The Bertz CT molecular complexity index is 634. The van der Waals surface area contributed by atoms with Crippen molar-refractivity contribution in [1.29, 1.82) is 0 Å². The van der Waals surface area contributed by atoms with Crippen LogP contribution in [0.3, 0.4) is 0 Å². The number of pyridine rings is 1. The molecular weight excluding hydrogens is 234 g/mol. The minimum atomic E-state index is 0.782. The van der Waals surface area contributed by atoms with Crippen molar-refractivity contribution in [2.24, 2.45) is 0 Å². The van der Waals surface area contributed by atoms with Crippen molar-refractivity contribution in [3.63, 3.8) is 0 Å². The zero-order valence-corrected chi connectivity index (χ0v) is 10.4. The third-order valence-corrected chi connectivity index (χ3v) is 2.92. The molecule has 0 aliphatic heterocycles. The summed E-state index contributed by atoms with van der Waals surface area (Å²) in [6, 6.07) is 18.1. The van der Waals surface area contributed by atoms with Gasteiger partial charge in [-0.1, -0.05) is 30.3 Å². The molecule has 2 heterocycles. The van der Waals surface area contributed by atoms with E-state index in [-0.39, 0.29) is 0 Å². The van der Waals surface area contributed by atoms with E-state index in [1.165, 1.54) is 5.56 Å². The van der Waals surface area contributed by atoms with Gasteiger partial charge in [-0.25, -0.2) is 0 Å². The molecule has 3 nitrogen and oxygen atoms in total. The summed E-state index contributed by atoms with van der Waals surface area (Å²) in [4.78, 5) is 4.00. The quantitative estimate of drug-likeness (QED) is 0.713. The third kappa shape index (κ3) is 2.83. The van der Waals surface area contributed by atoms with E-state index in [0.717, 1.165) is 23.4 Å². The Kier molecular flexibility index (Phi) is 3.28. The number of aromatic nitrogens is 3. The van der Waals surface area contributed by atoms with E-state index < -0.39 is 0 Å². The van der Waals surface area contributed by atoms with Crippen molar-refractivity contribution in [1.82, 2.24) is 15.2 Å². The maximum Gasteiger partial charge on any atom is 0.0929 e. The van der Waals surface area contributed by atoms with E-state index >= 15 is 0 Å². The van der Waals surface area contributed by atoms with Crippen LogP contribution in [0.1, 0.15) is 11.3 Å². The molecule has 0 radical (unpaired) electrons. The standard InChI is InChI=1S/C16H13N3/c1-2-4-14(5-3-1)16-7-6-15(18-19-16)12-13-8-10-17-11-9-13/h1-11H,12H2. The van der Waals surface area contributed by atoms with Gasteiger partial charge in [-0.05, 0) is 29.8 Å². The van der Waals surface area contributed by atoms with Crippen LogP contribution >= 0.6 is 0 Å². The summed E-state index contributed by atoms with van der Waals surface area (Å²) in [5.74, 6) is 0. The lowest BCUT2D eigenvalue weighted by Crippen LogP contribution is -1.96. The molecule has 0 fully saturated rings. The van der Waals surface area contributed by atoms with Gasteiger partial charge in [0.05, 0.1) is 11.4 Å². The van der Waals surface area contributed by atoms with Crippen LogP contribution in [-0.2, 0) is 6.42 Å². The Morgan fingerprint density at radius 1 is 0.737 bits per heavy atom. The van der Waals surface area contributed by atoms with Crippen LogP contribution in [0.4, 0.5) is 0 Å². The Morgan fingerprint density at radius 3 is 2.21 bits per heavy atom. The van der Waals surface area contributed by atoms with Gasteiger partial charge in [0, 0.05) is 24.4 Å². The smallest absolute Gasteiger partial charge is 0.0929 e. The number of hydrogen-bond acceptors (Lipinski definition) is 3. The molecule has 2 aromatic heterocycles. The van der Waals surface area contributed by atoms with Crippen molar-refractivity contribution in [3.8, 4) is 11.3 Å². The maximum absolute atomic E-state index is 4.28. The predicted molar refractivity (Wildman–Crippen MR) is 74.5 cm³/mol. The van der Waals surface area contributed by atoms with Gasteiger partial charge in [-0.3, -0.25) is 4.98 Å². The van der Waals surface area contributed by atoms with Crippen LogP contribution < -0.4 is 0 Å². The van der Waals surface area contributed by atoms with Gasteiger partial charge in [0.15, 0.2) is 0 Å². The number of nitrogens with zero attached hydrogens (tertiary/aromatic N) is 3. The van der Waals surface area contributed by atoms with Gasteiger partial charge < -0.3 is 0 Å². The first-order valence-electron chi connectivity index (χ1n) is 6.19. The lowest BCUT2D eigenvalue weighted by Gasteiger charge is -2.02. The average molecular weight is 247 g/mol. The van der Waals surface area contributed by atoms with Gasteiger partial charge >= 0.3 is 0 Å². The van der Waals surface area contributed by atoms with Crippen molar-refractivity contribution in [3.05, 3.63) is 78.2 Å². The van der Waals surface area contributed by atoms with Crippen molar-refractivity contribution in [2.75, 3.05) is 0 Å². The summed E-state index contributed by atoms with van der Waals surface area (Å²) in [6.07, 6.45) is 4.37. The fourth-order valence-corrected chi connectivity index (χ4v) is 1.93. The summed E-state index contributed by atoms with van der Waals surface area (Å²) < 4.78 is 0. The molecule has 0 saturated carbocycles. The Morgan fingerprint density at radius 2 is 1.53 bits per heavy atom. The van der Waals surface area contributed by atoms with E-state index in [0.29, 0.717) is 0 Å². The topological polar surface area (TPSA) is 38.7 Å². The SMILES string of the molecule is c1ccc(-c2ccc(Cc3ccncc3)nn2)cc1. The van der Waals surface area contributed by atoms with Gasteiger partial charge in [0.2, 0.25) is 0 Å². The second kappa shape index (κ2) is 5.40. The lowest BCUT2D eigenvalue weighted by molar-refractivity contribution is 0.940. The second-order valence-electron chi connectivity index (χ2n) is 4.31. The van der Waals surface area contributed by atoms with Gasteiger partial charge in [0.25, 0.3) is 0 Å². The number of rotatable bonds is 3. The van der Waals surface area contributed by atoms with E-state index in [2.05, 4.69) is 15.2 Å². The molecule has 1 aromatic carbocycles. The predicted octanol–water partition coefficient (Wildman–Crippen LogP) is 3.13. The van der Waals surface area contributed by atoms with E-state index in [1.54, 1.807) is 12.4 Å². The molecular formula is C16H13N3. The van der Waals surface area contributed by atoms with Crippen LogP contribution in [0, 0.1) is 0 Å². The molecule has 3 heteroatoms. The molecule has 0 atom stereocenters. The summed E-state index contributed by atoms with van der Waals surface area (Å²) in [7, 11) is 0. The van der Waals surface area contributed by atoms with Crippen LogP contribution in [0.2, 0.25) is 0 Å². The molecule has 3 aromatic rings. The third-order valence-electron chi connectivity index (χ3n) is 2.92. The fraction of sp³-hybridized carbons (Fsp3) is 0.0625. The van der Waals surface area contributed by atoms with Crippen LogP contribution in [0.5, 0.6) is 0 Å². The first kappa shape index (κ1) is 11.5. The first-order chi connectivity index (χ1) is 9.42. The molecule has 0 unspecified atom stereocenters. The molecule has 3 rings (SSSR count). The minimum absolute atomic E-state index is 0.782. The van der Waals surface area contributed by atoms with E-state index in [4.69, 9.17) is 0 Å². The molecule has 0 spiro atoms. The maximum atomic E-state index is 4.28. The van der Waals surface area contributed by atoms with Gasteiger partial charge in [-0.15, -0.1) is 0 Å². The van der Waals surface area contributed by atoms with Crippen molar-refractivity contribution < 1.29 is 0 Å². The minimum Gasteiger partial charge on any atom is -0.265 e. The molecule has 92 valence electrons. The molecule has 0 aliphatic carbocycles. The number of hydrogen-bond donors (Lipinski definition) is 0. The van der Waals surface area contributed by atoms with Crippen molar-refractivity contribution >= 4 is 0 Å².